The van der Waals surface area contributed by atoms with Gasteiger partial charge in [-0.2, -0.15) is 13.2 Å². The van der Waals surface area contributed by atoms with Gasteiger partial charge in [-0.3, -0.25) is 10.1 Å². The first kappa shape index (κ1) is 17.6. The Kier molecular flexibility index (Phi) is 4.35. The van der Waals surface area contributed by atoms with Gasteiger partial charge in [-0.25, -0.2) is 0 Å². The smallest absolute Gasteiger partial charge is 0.423 e. The molecule has 0 saturated carbocycles. The van der Waals surface area contributed by atoms with E-state index in [1.807, 2.05) is 0 Å². The van der Waals surface area contributed by atoms with Crippen molar-refractivity contribution in [1.29, 1.82) is 0 Å². The third-order valence-electron chi connectivity index (χ3n) is 3.44. The Morgan fingerprint density at radius 3 is 2.43 bits per heavy atom. The first-order valence-corrected chi connectivity index (χ1v) is 7.80. The Balaban J connectivity index is 2.67. The van der Waals surface area contributed by atoms with Gasteiger partial charge < -0.3 is 14.6 Å². The van der Waals surface area contributed by atoms with E-state index in [1.165, 1.54) is 13.0 Å². The van der Waals surface area contributed by atoms with Crippen molar-refractivity contribution in [3.8, 4) is 0 Å². The molecule has 2 atom stereocenters. The third-order valence-corrected chi connectivity index (χ3v) is 5.08. The van der Waals surface area contributed by atoms with Crippen molar-refractivity contribution in [2.45, 2.75) is 25.0 Å². The van der Waals surface area contributed by atoms with Crippen LogP contribution in [-0.4, -0.2) is 25.3 Å². The molecule has 0 fully saturated rings. The summed E-state index contributed by atoms with van der Waals surface area (Å²) in [4.78, 5) is 10.5. The molecule has 1 heterocycles. The quantitative estimate of drug-likeness (QED) is 0.502. The summed E-state index contributed by atoms with van der Waals surface area (Å²) >= 11 is -1.68. The number of benzene rings is 1. The molecule has 0 saturated heterocycles. The molecule has 10 heteroatoms. The van der Waals surface area contributed by atoms with Crippen LogP contribution in [0.3, 0.4) is 0 Å². The van der Waals surface area contributed by atoms with Crippen LogP contribution in [0.25, 0.3) is 10.9 Å². The van der Waals surface area contributed by atoms with Gasteiger partial charge in [-0.1, -0.05) is 0 Å². The molecule has 2 unspecified atom stereocenters. The molecule has 23 heavy (non-hydrogen) atoms. The zero-order chi connectivity index (χ0) is 17.6. The highest BCUT2D eigenvalue weighted by Gasteiger charge is 2.40. The molecule has 0 aliphatic heterocycles. The number of fused-ring (bicyclic) bond motifs is 1. The summed E-state index contributed by atoms with van der Waals surface area (Å²) in [5, 5.41) is 21.3. The molecule has 2 aromatic rings. The number of nitrogens with zero attached hydrogens (tertiary/aromatic N) is 1. The van der Waals surface area contributed by atoms with E-state index in [1.54, 1.807) is 6.92 Å². The number of aliphatic hydroxyl groups is 1. The molecule has 0 amide bonds. The fourth-order valence-corrected chi connectivity index (χ4v) is 3.12. The van der Waals surface area contributed by atoms with Gasteiger partial charge in [0.15, 0.2) is 0 Å². The first-order valence-electron chi connectivity index (χ1n) is 6.48. The predicted molar refractivity (Wildman–Crippen MR) is 78.2 cm³/mol. The average molecular weight is 350 g/mol. The van der Waals surface area contributed by atoms with Crippen LogP contribution in [0.2, 0.25) is 0 Å². The van der Waals surface area contributed by atoms with Crippen molar-refractivity contribution in [3.63, 3.8) is 0 Å². The summed E-state index contributed by atoms with van der Waals surface area (Å²) in [5.41, 5.74) is -2.47. The van der Waals surface area contributed by atoms with E-state index < -0.39 is 38.5 Å². The first-order chi connectivity index (χ1) is 10.5. The molecule has 1 aromatic carbocycles. The third kappa shape index (κ3) is 3.14. The van der Waals surface area contributed by atoms with Crippen LogP contribution in [0.1, 0.15) is 25.1 Å². The van der Waals surface area contributed by atoms with Crippen LogP contribution in [0.15, 0.2) is 18.2 Å². The molecule has 2 rings (SSSR count). The lowest BCUT2D eigenvalue weighted by atomic mass is 10.1. The molecule has 1 aromatic heterocycles. The van der Waals surface area contributed by atoms with E-state index in [0.717, 1.165) is 6.07 Å². The van der Waals surface area contributed by atoms with Gasteiger partial charge in [-0.05, 0) is 30.2 Å². The molecule has 126 valence electrons. The van der Waals surface area contributed by atoms with Gasteiger partial charge >= 0.3 is 6.18 Å². The SMILES string of the molecule is CC[S+]([O-])C(C)(O)c1cc2cc([N+](=O)[O-])c(C(F)(F)F)cc2[nH]1. The van der Waals surface area contributed by atoms with Gasteiger partial charge in [-0.15, -0.1) is 0 Å². The number of rotatable bonds is 4. The fourth-order valence-electron chi connectivity index (χ4n) is 2.20. The molecule has 0 spiro atoms. The Hall–Kier alpha value is -1.78. The van der Waals surface area contributed by atoms with Crippen molar-refractivity contribution in [1.82, 2.24) is 4.98 Å². The van der Waals surface area contributed by atoms with Gasteiger partial charge in [0.2, 0.25) is 0 Å². The van der Waals surface area contributed by atoms with Crippen molar-refractivity contribution in [3.05, 3.63) is 39.6 Å². The summed E-state index contributed by atoms with van der Waals surface area (Å²) < 4.78 is 50.7. The number of hydrogen-bond acceptors (Lipinski definition) is 4. The molecule has 6 nitrogen and oxygen atoms in total. The molecule has 0 aliphatic rings. The maximum absolute atomic E-state index is 12.9. The maximum atomic E-state index is 12.9. The van der Waals surface area contributed by atoms with Crippen LogP contribution in [-0.2, 0) is 22.3 Å². The largest absolute Gasteiger partial charge is 0.614 e. The van der Waals surface area contributed by atoms with Crippen molar-refractivity contribution < 1.29 is 27.8 Å². The van der Waals surface area contributed by atoms with E-state index in [9.17, 15) is 32.9 Å². The molecule has 0 radical (unpaired) electrons. The van der Waals surface area contributed by atoms with Crippen molar-refractivity contribution >= 4 is 27.8 Å². The zero-order valence-electron chi connectivity index (χ0n) is 12.1. The summed E-state index contributed by atoms with van der Waals surface area (Å²) in [6.07, 6.45) is -4.89. The van der Waals surface area contributed by atoms with E-state index >= 15 is 0 Å². The standard InChI is InChI=1S/C13H13F3N2O4S/c1-3-23(22)12(2,19)11-5-7-4-10(18(20)21)8(13(14,15)16)6-9(7)17-11/h4-6,17,19H,3H2,1-2H3. The normalized spacial score (nSPS) is 16.3. The number of aromatic amines is 1. The number of halogens is 3. The van der Waals surface area contributed by atoms with Crippen molar-refractivity contribution in [2.24, 2.45) is 0 Å². The topological polar surface area (TPSA) is 102 Å². The number of nitrogens with one attached hydrogen (secondary N) is 1. The number of hydrogen-bond donors (Lipinski definition) is 2. The summed E-state index contributed by atoms with van der Waals surface area (Å²) in [6, 6.07) is 2.65. The highest BCUT2D eigenvalue weighted by Crippen LogP contribution is 2.39. The van der Waals surface area contributed by atoms with E-state index in [2.05, 4.69) is 4.98 Å². The Morgan fingerprint density at radius 2 is 1.96 bits per heavy atom. The Labute approximate surface area is 131 Å². The van der Waals surface area contributed by atoms with Gasteiger partial charge in [0.25, 0.3) is 10.6 Å². The molecule has 0 aliphatic carbocycles. The van der Waals surface area contributed by atoms with Gasteiger partial charge in [0, 0.05) is 23.9 Å². The van der Waals surface area contributed by atoms with Crippen LogP contribution in [0, 0.1) is 10.1 Å². The maximum Gasteiger partial charge on any atom is 0.423 e. The Bertz CT molecular complexity index is 757. The number of alkyl halides is 3. The highest BCUT2D eigenvalue weighted by molar-refractivity contribution is 7.92. The van der Waals surface area contributed by atoms with Crippen molar-refractivity contribution in [2.75, 3.05) is 5.75 Å². The average Bonchev–Trinajstić information content (AvgIpc) is 2.87. The van der Waals surface area contributed by atoms with Crippen LogP contribution in [0.5, 0.6) is 0 Å². The second kappa shape index (κ2) is 5.69. The number of aromatic nitrogens is 1. The van der Waals surface area contributed by atoms with E-state index in [0.29, 0.717) is 6.07 Å². The van der Waals surface area contributed by atoms with Crippen LogP contribution in [0.4, 0.5) is 18.9 Å². The Morgan fingerprint density at radius 1 is 1.35 bits per heavy atom. The second-order valence-corrected chi connectivity index (χ2v) is 7.07. The highest BCUT2D eigenvalue weighted by atomic mass is 32.2. The van der Waals surface area contributed by atoms with E-state index in [4.69, 9.17) is 0 Å². The predicted octanol–water partition coefficient (Wildman–Crippen LogP) is 3.03. The monoisotopic (exact) mass is 350 g/mol. The summed E-state index contributed by atoms with van der Waals surface area (Å²) in [6.45, 7) is 2.84. The summed E-state index contributed by atoms with van der Waals surface area (Å²) in [7, 11) is 0. The number of nitro benzene ring substituents is 1. The lowest BCUT2D eigenvalue weighted by molar-refractivity contribution is -0.387. The summed E-state index contributed by atoms with van der Waals surface area (Å²) in [5.74, 6) is 0.135. The van der Waals surface area contributed by atoms with Crippen LogP contribution >= 0.6 is 0 Å². The number of nitro groups is 1. The molecule has 2 N–H and O–H groups in total. The van der Waals surface area contributed by atoms with Gasteiger partial charge in [0.05, 0.1) is 4.92 Å². The molecule has 0 bridgehead atoms. The fraction of sp³-hybridized carbons (Fsp3) is 0.385. The lowest BCUT2D eigenvalue weighted by Crippen LogP contribution is -2.34. The second-order valence-electron chi connectivity index (χ2n) is 5.01. The van der Waals surface area contributed by atoms with Crippen LogP contribution < -0.4 is 0 Å². The van der Waals surface area contributed by atoms with E-state index in [-0.39, 0.29) is 22.3 Å². The number of H-pyrrole nitrogens is 1. The minimum atomic E-state index is -4.89. The molecular weight excluding hydrogens is 337 g/mol. The lowest BCUT2D eigenvalue weighted by Gasteiger charge is -2.24. The molecular formula is C13H13F3N2O4S. The minimum Gasteiger partial charge on any atom is -0.614 e. The van der Waals surface area contributed by atoms with Gasteiger partial charge in [0.1, 0.15) is 17.0 Å². The zero-order valence-corrected chi connectivity index (χ0v) is 12.9. The minimum absolute atomic E-state index is 0.0290.